The second kappa shape index (κ2) is 9.13. The van der Waals surface area contributed by atoms with Crippen LogP contribution >= 0.6 is 0 Å². The van der Waals surface area contributed by atoms with E-state index in [1.807, 2.05) is 45.1 Å². The number of aliphatic imine (C=N–C) groups is 1. The highest BCUT2D eigenvalue weighted by atomic mass is 16.6. The first-order valence-corrected chi connectivity index (χ1v) is 8.01. The Kier molecular flexibility index (Phi) is 7.52. The Balaban J connectivity index is 2.93. The van der Waals surface area contributed by atoms with Crippen LogP contribution in [-0.4, -0.2) is 37.1 Å². The molecule has 0 spiro atoms. The van der Waals surface area contributed by atoms with Gasteiger partial charge in [-0.3, -0.25) is 0 Å². The minimum Gasteiger partial charge on any atom is -0.391 e. The summed E-state index contributed by atoms with van der Waals surface area (Å²) >= 11 is 0. The van der Waals surface area contributed by atoms with Gasteiger partial charge in [0, 0.05) is 19.2 Å². The summed E-state index contributed by atoms with van der Waals surface area (Å²) in [6.45, 7) is 13.7. The summed E-state index contributed by atoms with van der Waals surface area (Å²) < 4.78 is 0. The molecule has 4 heteroatoms. The number of oxime groups is 1. The molecule has 0 heterocycles. The summed E-state index contributed by atoms with van der Waals surface area (Å²) in [5.41, 5.74) is 6.48. The molecule has 126 valence electrons. The third kappa shape index (κ3) is 6.27. The number of hydrogen-bond donors (Lipinski definition) is 0. The van der Waals surface area contributed by atoms with Gasteiger partial charge in [0.2, 0.25) is 0 Å². The third-order valence-corrected chi connectivity index (χ3v) is 3.59. The van der Waals surface area contributed by atoms with Crippen molar-refractivity contribution >= 4 is 17.7 Å². The molecule has 0 fully saturated rings. The molecule has 0 aliphatic carbocycles. The van der Waals surface area contributed by atoms with Gasteiger partial charge in [-0.05, 0) is 70.9 Å². The topological polar surface area (TPSA) is 37.2 Å². The maximum atomic E-state index is 5.35. The molecule has 0 atom stereocenters. The predicted molar refractivity (Wildman–Crippen MR) is 100.0 cm³/mol. The van der Waals surface area contributed by atoms with Gasteiger partial charge in [0.1, 0.15) is 6.61 Å². The van der Waals surface area contributed by atoms with E-state index in [1.165, 1.54) is 5.57 Å². The number of nitrogens with zero attached hydrogens (tertiary/aromatic N) is 3. The molecule has 1 aromatic carbocycles. The van der Waals surface area contributed by atoms with Crippen LogP contribution in [0.5, 0.6) is 0 Å². The monoisotopic (exact) mass is 315 g/mol. The van der Waals surface area contributed by atoms with E-state index < -0.39 is 0 Å². The lowest BCUT2D eigenvalue weighted by Gasteiger charge is -2.11. The average molecular weight is 315 g/mol. The molecule has 23 heavy (non-hydrogen) atoms. The number of benzene rings is 1. The van der Waals surface area contributed by atoms with Gasteiger partial charge in [-0.25, -0.2) is 4.99 Å². The molecule has 0 aliphatic heterocycles. The van der Waals surface area contributed by atoms with E-state index >= 15 is 0 Å². The van der Waals surface area contributed by atoms with Crippen LogP contribution in [0.4, 0.5) is 5.69 Å². The van der Waals surface area contributed by atoms with Gasteiger partial charge in [0.15, 0.2) is 0 Å². The van der Waals surface area contributed by atoms with E-state index in [0.29, 0.717) is 6.61 Å². The third-order valence-electron chi connectivity index (χ3n) is 3.59. The van der Waals surface area contributed by atoms with Crippen LogP contribution in [0, 0.1) is 13.8 Å². The van der Waals surface area contributed by atoms with Crippen LogP contribution in [0.3, 0.4) is 0 Å². The molecular formula is C19H29N3O. The molecule has 1 rings (SSSR count). The van der Waals surface area contributed by atoms with Gasteiger partial charge in [-0.15, -0.1) is 0 Å². The van der Waals surface area contributed by atoms with Crippen molar-refractivity contribution in [2.75, 3.05) is 20.2 Å². The number of allylic oxidation sites excluding steroid dienone is 1. The largest absolute Gasteiger partial charge is 0.391 e. The van der Waals surface area contributed by atoms with E-state index in [4.69, 9.17) is 4.84 Å². The highest BCUT2D eigenvalue weighted by molar-refractivity contribution is 6.00. The van der Waals surface area contributed by atoms with Gasteiger partial charge < -0.3 is 9.74 Å². The second-order valence-corrected chi connectivity index (χ2v) is 6.03. The van der Waals surface area contributed by atoms with Crippen molar-refractivity contribution in [2.45, 2.75) is 41.5 Å². The van der Waals surface area contributed by atoms with Gasteiger partial charge in [0.25, 0.3) is 0 Å². The molecule has 0 saturated heterocycles. The van der Waals surface area contributed by atoms with E-state index in [2.05, 4.69) is 43.1 Å². The minimum atomic E-state index is 0.503. The van der Waals surface area contributed by atoms with Gasteiger partial charge in [-0.1, -0.05) is 10.7 Å². The molecule has 0 N–H and O–H groups in total. The molecule has 0 amide bonds. The zero-order valence-corrected chi connectivity index (χ0v) is 15.5. The van der Waals surface area contributed by atoms with E-state index in [9.17, 15) is 0 Å². The van der Waals surface area contributed by atoms with Crippen molar-refractivity contribution in [1.29, 1.82) is 0 Å². The van der Waals surface area contributed by atoms with E-state index in [-0.39, 0.29) is 0 Å². The van der Waals surface area contributed by atoms with Gasteiger partial charge in [0.05, 0.1) is 17.7 Å². The van der Waals surface area contributed by atoms with Crippen LogP contribution in [0.1, 0.15) is 44.4 Å². The molecule has 0 unspecified atom stereocenters. The fourth-order valence-electron chi connectivity index (χ4n) is 1.96. The van der Waals surface area contributed by atoms with Crippen LogP contribution in [0.2, 0.25) is 0 Å². The molecule has 1 aromatic rings. The standard InChI is InChI=1S/C19H29N3O/c1-8-22(7)13-20-19-12-15(4)18(11-16(19)5)17(6)21-23-10-9-14(2)3/h9,11-13H,8,10H2,1-7H3/b20-13-,21-17+. The van der Waals surface area contributed by atoms with Gasteiger partial charge in [-0.2, -0.15) is 0 Å². The average Bonchev–Trinajstić information content (AvgIpc) is 2.51. The predicted octanol–water partition coefficient (Wildman–Crippen LogP) is 4.62. The zero-order chi connectivity index (χ0) is 17.4. The summed E-state index contributed by atoms with van der Waals surface area (Å²) in [7, 11) is 2.01. The van der Waals surface area contributed by atoms with Crippen molar-refractivity contribution in [3.8, 4) is 0 Å². The maximum absolute atomic E-state index is 5.35. The molecule has 0 saturated carbocycles. The smallest absolute Gasteiger partial charge is 0.135 e. The Morgan fingerprint density at radius 1 is 1.17 bits per heavy atom. The van der Waals surface area contributed by atoms with Crippen molar-refractivity contribution in [3.05, 3.63) is 40.5 Å². The summed E-state index contributed by atoms with van der Waals surface area (Å²) in [6, 6.07) is 4.22. The van der Waals surface area contributed by atoms with E-state index in [0.717, 1.165) is 34.6 Å². The fourth-order valence-corrected chi connectivity index (χ4v) is 1.96. The fraction of sp³-hybridized carbons (Fsp3) is 0.474. The summed E-state index contributed by atoms with van der Waals surface area (Å²) in [4.78, 5) is 12.0. The zero-order valence-electron chi connectivity index (χ0n) is 15.5. The molecule has 0 bridgehead atoms. The quantitative estimate of drug-likeness (QED) is 0.242. The highest BCUT2D eigenvalue weighted by Gasteiger charge is 2.07. The maximum Gasteiger partial charge on any atom is 0.135 e. The second-order valence-electron chi connectivity index (χ2n) is 6.03. The van der Waals surface area contributed by atoms with Crippen LogP contribution < -0.4 is 0 Å². The van der Waals surface area contributed by atoms with Crippen molar-refractivity contribution in [3.63, 3.8) is 0 Å². The SMILES string of the molecule is CCN(C)/C=N\c1cc(C)c(/C(C)=N/OCC=C(C)C)cc1C. The number of rotatable bonds is 7. The Morgan fingerprint density at radius 2 is 1.87 bits per heavy atom. The molecule has 0 radical (unpaired) electrons. The Morgan fingerprint density at radius 3 is 2.48 bits per heavy atom. The first-order valence-electron chi connectivity index (χ1n) is 8.01. The van der Waals surface area contributed by atoms with E-state index in [1.54, 1.807) is 0 Å². The first-order chi connectivity index (χ1) is 10.8. The lowest BCUT2D eigenvalue weighted by Crippen LogP contribution is -2.14. The molecule has 0 aliphatic rings. The normalized spacial score (nSPS) is 11.7. The molecule has 0 aromatic heterocycles. The summed E-state index contributed by atoms with van der Waals surface area (Å²) in [5.74, 6) is 0. The molecular weight excluding hydrogens is 286 g/mol. The van der Waals surface area contributed by atoms with Gasteiger partial charge >= 0.3 is 0 Å². The lowest BCUT2D eigenvalue weighted by atomic mass is 10.0. The Bertz CT molecular complexity index is 611. The minimum absolute atomic E-state index is 0.503. The number of hydrogen-bond acceptors (Lipinski definition) is 3. The Hall–Kier alpha value is -2.10. The summed E-state index contributed by atoms with van der Waals surface area (Å²) in [6.07, 6.45) is 3.88. The first kappa shape index (κ1) is 18.9. The van der Waals surface area contributed by atoms with Crippen LogP contribution in [0.25, 0.3) is 0 Å². The van der Waals surface area contributed by atoms with Crippen LogP contribution in [0.15, 0.2) is 33.9 Å². The highest BCUT2D eigenvalue weighted by Crippen LogP contribution is 2.23. The summed E-state index contributed by atoms with van der Waals surface area (Å²) in [5, 5.41) is 4.21. The van der Waals surface area contributed by atoms with Crippen molar-refractivity contribution in [1.82, 2.24) is 4.90 Å². The number of aryl methyl sites for hydroxylation is 2. The lowest BCUT2D eigenvalue weighted by molar-refractivity contribution is 0.174. The van der Waals surface area contributed by atoms with Crippen molar-refractivity contribution < 1.29 is 4.84 Å². The Labute approximate surface area is 140 Å². The van der Waals surface area contributed by atoms with Crippen LogP contribution in [-0.2, 0) is 4.84 Å². The molecule has 4 nitrogen and oxygen atoms in total. The van der Waals surface area contributed by atoms with Crippen molar-refractivity contribution in [2.24, 2.45) is 10.1 Å².